The van der Waals surface area contributed by atoms with Gasteiger partial charge in [-0.2, -0.15) is 0 Å². The number of hydrogen-bond acceptors (Lipinski definition) is 5. The molecular formula is C17H22N4O3. The predicted molar refractivity (Wildman–Crippen MR) is 90.9 cm³/mol. The lowest BCUT2D eigenvalue weighted by Crippen LogP contribution is -2.43. The van der Waals surface area contributed by atoms with Gasteiger partial charge in [0.25, 0.3) is 5.91 Å². The summed E-state index contributed by atoms with van der Waals surface area (Å²) in [7, 11) is 0. The highest BCUT2D eigenvalue weighted by molar-refractivity contribution is 5.99. The Morgan fingerprint density at radius 3 is 2.79 bits per heavy atom. The molecule has 1 aliphatic rings. The Kier molecular flexibility index (Phi) is 3.95. The second-order valence-corrected chi connectivity index (χ2v) is 7.04. The second-order valence-electron chi connectivity index (χ2n) is 7.04. The van der Waals surface area contributed by atoms with Gasteiger partial charge in [0, 0.05) is 24.2 Å². The van der Waals surface area contributed by atoms with Gasteiger partial charge in [0.2, 0.25) is 5.89 Å². The molecule has 0 aliphatic carbocycles. The van der Waals surface area contributed by atoms with E-state index in [2.05, 4.69) is 15.6 Å². The maximum absolute atomic E-state index is 12.3. The number of nitrogens with one attached hydrogen (secondary N) is 2. The zero-order chi connectivity index (χ0) is 17.5. The van der Waals surface area contributed by atoms with Crippen molar-refractivity contribution in [1.29, 1.82) is 0 Å². The third-order valence-corrected chi connectivity index (χ3v) is 3.91. The summed E-state index contributed by atoms with van der Waals surface area (Å²) < 4.78 is 5.77. The third kappa shape index (κ3) is 3.06. The second kappa shape index (κ2) is 5.81. The van der Waals surface area contributed by atoms with E-state index in [1.165, 1.54) is 4.90 Å². The van der Waals surface area contributed by atoms with Crippen LogP contribution in [-0.4, -0.2) is 41.0 Å². The van der Waals surface area contributed by atoms with Crippen molar-refractivity contribution in [2.24, 2.45) is 0 Å². The molecule has 1 fully saturated rings. The lowest BCUT2D eigenvalue weighted by Gasteiger charge is -2.19. The average molecular weight is 330 g/mol. The van der Waals surface area contributed by atoms with Gasteiger partial charge in [-0.3, -0.25) is 9.69 Å². The summed E-state index contributed by atoms with van der Waals surface area (Å²) in [5, 5.41) is 5.75. The van der Waals surface area contributed by atoms with Crippen LogP contribution in [-0.2, 0) is 10.2 Å². The van der Waals surface area contributed by atoms with Gasteiger partial charge in [0.1, 0.15) is 11.6 Å². The molecular weight excluding hydrogens is 308 g/mol. The number of aromatic nitrogens is 1. The highest BCUT2D eigenvalue weighted by Gasteiger charge is 2.29. The molecule has 0 unspecified atom stereocenters. The molecule has 7 heteroatoms. The van der Waals surface area contributed by atoms with Crippen LogP contribution in [0, 0.1) is 0 Å². The van der Waals surface area contributed by atoms with E-state index in [-0.39, 0.29) is 17.4 Å². The fourth-order valence-electron chi connectivity index (χ4n) is 2.57. The number of amides is 3. The van der Waals surface area contributed by atoms with E-state index in [9.17, 15) is 9.59 Å². The van der Waals surface area contributed by atoms with Gasteiger partial charge in [-0.25, -0.2) is 9.78 Å². The molecule has 2 N–H and O–H groups in total. The van der Waals surface area contributed by atoms with E-state index in [1.54, 1.807) is 6.92 Å². The summed E-state index contributed by atoms with van der Waals surface area (Å²) in [5.74, 6) is 0.424. The minimum Gasteiger partial charge on any atom is -0.440 e. The molecule has 24 heavy (non-hydrogen) atoms. The van der Waals surface area contributed by atoms with Crippen LogP contribution in [0.1, 0.15) is 33.6 Å². The number of nitrogens with zero attached hydrogens (tertiary/aromatic N) is 2. The molecule has 0 spiro atoms. The summed E-state index contributed by atoms with van der Waals surface area (Å²) in [5.41, 5.74) is 2.04. The molecule has 1 saturated heterocycles. The van der Waals surface area contributed by atoms with Crippen LogP contribution in [0.2, 0.25) is 0 Å². The summed E-state index contributed by atoms with van der Waals surface area (Å²) in [4.78, 5) is 29.7. The van der Waals surface area contributed by atoms with Crippen LogP contribution in [0.3, 0.4) is 0 Å². The van der Waals surface area contributed by atoms with Crippen molar-refractivity contribution in [3.8, 4) is 0 Å². The monoisotopic (exact) mass is 330 g/mol. The Balaban J connectivity index is 1.77. The van der Waals surface area contributed by atoms with Crippen LogP contribution in [0.5, 0.6) is 0 Å². The molecule has 2 aromatic rings. The first-order chi connectivity index (χ1) is 11.3. The van der Waals surface area contributed by atoms with Crippen molar-refractivity contribution in [2.75, 3.05) is 18.4 Å². The SMILES string of the molecule is C[C@H](Nc1ccc2oc(C(C)(C)C)nc2c1)C(=O)N1CCNC1=O. The lowest BCUT2D eigenvalue weighted by molar-refractivity contribution is -0.128. The smallest absolute Gasteiger partial charge is 0.324 e. The van der Waals surface area contributed by atoms with E-state index >= 15 is 0 Å². The molecule has 2 heterocycles. The Labute approximate surface area is 140 Å². The van der Waals surface area contributed by atoms with E-state index in [1.807, 2.05) is 39.0 Å². The fraction of sp³-hybridized carbons (Fsp3) is 0.471. The number of benzene rings is 1. The van der Waals surface area contributed by atoms with Crippen molar-refractivity contribution in [3.63, 3.8) is 0 Å². The van der Waals surface area contributed by atoms with Crippen LogP contribution < -0.4 is 10.6 Å². The average Bonchev–Trinajstić information content (AvgIpc) is 3.11. The Morgan fingerprint density at radius 1 is 1.42 bits per heavy atom. The molecule has 7 nitrogen and oxygen atoms in total. The van der Waals surface area contributed by atoms with Crippen molar-refractivity contribution < 1.29 is 14.0 Å². The quantitative estimate of drug-likeness (QED) is 0.903. The Hall–Kier alpha value is -2.57. The van der Waals surface area contributed by atoms with Crippen LogP contribution >= 0.6 is 0 Å². The predicted octanol–water partition coefficient (Wildman–Crippen LogP) is 2.48. The van der Waals surface area contributed by atoms with Gasteiger partial charge in [-0.05, 0) is 25.1 Å². The van der Waals surface area contributed by atoms with Crippen LogP contribution in [0.15, 0.2) is 22.6 Å². The number of fused-ring (bicyclic) bond motifs is 1. The maximum atomic E-state index is 12.3. The van der Waals surface area contributed by atoms with Gasteiger partial charge in [-0.15, -0.1) is 0 Å². The minimum atomic E-state index is -0.514. The summed E-state index contributed by atoms with van der Waals surface area (Å²) >= 11 is 0. The highest BCUT2D eigenvalue weighted by Crippen LogP contribution is 2.27. The van der Waals surface area contributed by atoms with Crippen molar-refractivity contribution in [1.82, 2.24) is 15.2 Å². The third-order valence-electron chi connectivity index (χ3n) is 3.91. The summed E-state index contributed by atoms with van der Waals surface area (Å²) in [6.07, 6.45) is 0. The van der Waals surface area contributed by atoms with E-state index in [0.29, 0.717) is 24.6 Å². The van der Waals surface area contributed by atoms with Crippen molar-refractivity contribution >= 4 is 28.7 Å². The van der Waals surface area contributed by atoms with Crippen molar-refractivity contribution in [3.05, 3.63) is 24.1 Å². The number of carbonyl (C=O) groups excluding carboxylic acids is 2. The first-order valence-corrected chi connectivity index (χ1v) is 8.02. The molecule has 1 aromatic carbocycles. The van der Waals surface area contributed by atoms with Crippen LogP contribution in [0.4, 0.5) is 10.5 Å². The van der Waals surface area contributed by atoms with Gasteiger partial charge < -0.3 is 15.1 Å². The number of oxazole rings is 1. The van der Waals surface area contributed by atoms with Gasteiger partial charge in [-0.1, -0.05) is 20.8 Å². The van der Waals surface area contributed by atoms with Crippen molar-refractivity contribution in [2.45, 2.75) is 39.2 Å². The molecule has 0 bridgehead atoms. The van der Waals surface area contributed by atoms with Gasteiger partial charge in [0.05, 0.1) is 0 Å². The number of carbonyl (C=O) groups is 2. The number of anilines is 1. The van der Waals surface area contributed by atoms with E-state index in [4.69, 9.17) is 4.42 Å². The van der Waals surface area contributed by atoms with Gasteiger partial charge in [0.15, 0.2) is 5.58 Å². The number of rotatable bonds is 3. The molecule has 1 aliphatic heterocycles. The normalized spacial score (nSPS) is 16.3. The molecule has 0 radical (unpaired) electrons. The molecule has 3 rings (SSSR count). The van der Waals surface area contributed by atoms with E-state index < -0.39 is 6.04 Å². The number of urea groups is 1. The molecule has 1 aromatic heterocycles. The molecule has 1 atom stereocenters. The number of imide groups is 1. The van der Waals surface area contributed by atoms with E-state index in [0.717, 1.165) is 11.2 Å². The highest BCUT2D eigenvalue weighted by atomic mass is 16.3. The largest absolute Gasteiger partial charge is 0.440 e. The molecule has 128 valence electrons. The fourth-order valence-corrected chi connectivity index (χ4v) is 2.57. The Morgan fingerprint density at radius 2 is 2.17 bits per heavy atom. The topological polar surface area (TPSA) is 87.5 Å². The lowest BCUT2D eigenvalue weighted by atomic mass is 9.97. The zero-order valence-electron chi connectivity index (χ0n) is 14.3. The minimum absolute atomic E-state index is 0.168. The summed E-state index contributed by atoms with van der Waals surface area (Å²) in [6, 6.07) is 4.67. The van der Waals surface area contributed by atoms with Gasteiger partial charge >= 0.3 is 6.03 Å². The maximum Gasteiger partial charge on any atom is 0.324 e. The summed E-state index contributed by atoms with van der Waals surface area (Å²) in [6.45, 7) is 8.76. The number of hydrogen-bond donors (Lipinski definition) is 2. The first-order valence-electron chi connectivity index (χ1n) is 8.02. The molecule has 0 saturated carbocycles. The zero-order valence-corrected chi connectivity index (χ0v) is 14.3. The standard InChI is InChI=1S/C17H22N4O3/c1-10(14(22)21-8-7-18-16(21)23)19-11-5-6-13-12(9-11)20-15(24-13)17(2,3)4/h5-6,9-10,19H,7-8H2,1-4H3,(H,18,23)/t10-/m0/s1. The first kappa shape index (κ1) is 16.3. The van der Waals surface area contributed by atoms with Crippen LogP contribution in [0.25, 0.3) is 11.1 Å². The molecule has 3 amide bonds. The Bertz CT molecular complexity index is 791.